The molecule has 1 aromatic rings. The standard InChI is InChI=1S/C17H27FN2O/c1-3-10-20(12-14-6-8-19-9-7-14)13-15-11-16(18)4-5-17(15)21-2/h4-5,11,14,19H,3,6-10,12-13H2,1-2H3. The summed E-state index contributed by atoms with van der Waals surface area (Å²) >= 11 is 0. The molecule has 0 saturated carbocycles. The topological polar surface area (TPSA) is 24.5 Å². The van der Waals surface area contributed by atoms with Crippen molar-refractivity contribution in [1.82, 2.24) is 10.2 Å². The average molecular weight is 294 g/mol. The van der Waals surface area contributed by atoms with E-state index in [4.69, 9.17) is 4.74 Å². The maximum Gasteiger partial charge on any atom is 0.123 e. The number of hydrogen-bond acceptors (Lipinski definition) is 3. The molecule has 0 amide bonds. The van der Waals surface area contributed by atoms with Gasteiger partial charge in [-0.2, -0.15) is 0 Å². The number of hydrogen-bond donors (Lipinski definition) is 1. The van der Waals surface area contributed by atoms with Crippen molar-refractivity contribution in [3.8, 4) is 5.75 Å². The van der Waals surface area contributed by atoms with Gasteiger partial charge in [-0.3, -0.25) is 4.90 Å². The van der Waals surface area contributed by atoms with Crippen LogP contribution in [0.2, 0.25) is 0 Å². The van der Waals surface area contributed by atoms with E-state index in [9.17, 15) is 4.39 Å². The van der Waals surface area contributed by atoms with Gasteiger partial charge in [0.2, 0.25) is 0 Å². The Morgan fingerprint density at radius 2 is 2.10 bits per heavy atom. The summed E-state index contributed by atoms with van der Waals surface area (Å²) in [6, 6.07) is 4.78. The van der Waals surface area contributed by atoms with Gasteiger partial charge >= 0.3 is 0 Å². The van der Waals surface area contributed by atoms with Crippen molar-refractivity contribution in [3.63, 3.8) is 0 Å². The summed E-state index contributed by atoms with van der Waals surface area (Å²) in [6.45, 7) is 7.33. The first kappa shape index (κ1) is 16.2. The first-order chi connectivity index (χ1) is 10.2. The lowest BCUT2D eigenvalue weighted by Gasteiger charge is -2.30. The fourth-order valence-electron chi connectivity index (χ4n) is 3.09. The second-order valence-electron chi connectivity index (χ2n) is 5.88. The third-order valence-electron chi connectivity index (χ3n) is 4.15. The molecule has 1 saturated heterocycles. The molecule has 4 heteroatoms. The quantitative estimate of drug-likeness (QED) is 0.836. The van der Waals surface area contributed by atoms with Crippen LogP contribution in [0.1, 0.15) is 31.7 Å². The summed E-state index contributed by atoms with van der Waals surface area (Å²) in [7, 11) is 1.65. The molecule has 0 spiro atoms. The van der Waals surface area contributed by atoms with Gasteiger partial charge in [0, 0.05) is 18.7 Å². The van der Waals surface area contributed by atoms with Gasteiger partial charge in [-0.05, 0) is 63.0 Å². The highest BCUT2D eigenvalue weighted by atomic mass is 19.1. The first-order valence-corrected chi connectivity index (χ1v) is 7.98. The van der Waals surface area contributed by atoms with Gasteiger partial charge in [0.15, 0.2) is 0 Å². The lowest BCUT2D eigenvalue weighted by atomic mass is 9.97. The molecular formula is C17H27FN2O. The van der Waals surface area contributed by atoms with Crippen LogP contribution in [-0.4, -0.2) is 38.2 Å². The summed E-state index contributed by atoms with van der Waals surface area (Å²) in [4.78, 5) is 2.44. The van der Waals surface area contributed by atoms with Gasteiger partial charge in [-0.25, -0.2) is 4.39 Å². The Kier molecular flexibility index (Phi) is 6.46. The molecule has 2 rings (SSSR count). The summed E-state index contributed by atoms with van der Waals surface area (Å²) in [5.74, 6) is 1.34. The van der Waals surface area contributed by atoms with Crippen LogP contribution in [0.5, 0.6) is 5.75 Å². The molecule has 0 unspecified atom stereocenters. The highest BCUT2D eigenvalue weighted by Gasteiger charge is 2.18. The molecule has 3 nitrogen and oxygen atoms in total. The third kappa shape index (κ3) is 4.97. The van der Waals surface area contributed by atoms with Gasteiger partial charge in [0.25, 0.3) is 0 Å². The van der Waals surface area contributed by atoms with Crippen molar-refractivity contribution in [1.29, 1.82) is 0 Å². The second kappa shape index (κ2) is 8.35. The van der Waals surface area contributed by atoms with Crippen molar-refractivity contribution < 1.29 is 9.13 Å². The van der Waals surface area contributed by atoms with Crippen molar-refractivity contribution in [2.45, 2.75) is 32.7 Å². The Hall–Kier alpha value is -1.13. The fourth-order valence-corrected chi connectivity index (χ4v) is 3.09. The van der Waals surface area contributed by atoms with Crippen molar-refractivity contribution in [2.75, 3.05) is 33.3 Å². The molecule has 1 aliphatic heterocycles. The number of rotatable bonds is 7. The fraction of sp³-hybridized carbons (Fsp3) is 0.647. The lowest BCUT2D eigenvalue weighted by Crippen LogP contribution is -2.36. The summed E-state index contributed by atoms with van der Waals surface area (Å²) in [5, 5.41) is 3.41. The predicted octanol–water partition coefficient (Wildman–Crippen LogP) is 3.05. The van der Waals surface area contributed by atoms with Crippen LogP contribution in [-0.2, 0) is 6.54 Å². The number of piperidine rings is 1. The number of halogens is 1. The Balaban J connectivity index is 2.02. The third-order valence-corrected chi connectivity index (χ3v) is 4.15. The highest BCUT2D eigenvalue weighted by Crippen LogP contribution is 2.23. The molecule has 0 aromatic heterocycles. The van der Waals surface area contributed by atoms with E-state index < -0.39 is 0 Å². The first-order valence-electron chi connectivity index (χ1n) is 7.98. The van der Waals surface area contributed by atoms with Crippen LogP contribution >= 0.6 is 0 Å². The van der Waals surface area contributed by atoms with Crippen molar-refractivity contribution in [3.05, 3.63) is 29.6 Å². The van der Waals surface area contributed by atoms with Crippen LogP contribution in [0.3, 0.4) is 0 Å². The van der Waals surface area contributed by atoms with E-state index in [0.29, 0.717) is 0 Å². The Labute approximate surface area is 127 Å². The van der Waals surface area contributed by atoms with E-state index in [2.05, 4.69) is 17.1 Å². The molecule has 21 heavy (non-hydrogen) atoms. The van der Waals surface area contributed by atoms with Crippen LogP contribution in [0.4, 0.5) is 4.39 Å². The van der Waals surface area contributed by atoms with Gasteiger partial charge in [-0.1, -0.05) is 6.92 Å². The minimum Gasteiger partial charge on any atom is -0.496 e. The molecule has 118 valence electrons. The van der Waals surface area contributed by atoms with E-state index in [-0.39, 0.29) is 5.82 Å². The maximum absolute atomic E-state index is 13.5. The van der Waals surface area contributed by atoms with Gasteiger partial charge in [0.05, 0.1) is 7.11 Å². The molecule has 0 aliphatic carbocycles. The van der Waals surface area contributed by atoms with Crippen molar-refractivity contribution >= 4 is 0 Å². The zero-order chi connectivity index (χ0) is 15.1. The Morgan fingerprint density at radius 3 is 2.76 bits per heavy atom. The normalized spacial score (nSPS) is 16.4. The van der Waals surface area contributed by atoms with E-state index >= 15 is 0 Å². The number of benzene rings is 1. The van der Waals surface area contributed by atoms with Gasteiger partial charge in [-0.15, -0.1) is 0 Å². The van der Waals surface area contributed by atoms with E-state index in [1.165, 1.54) is 18.9 Å². The molecule has 1 aliphatic rings. The summed E-state index contributed by atoms with van der Waals surface area (Å²) < 4.78 is 18.9. The largest absolute Gasteiger partial charge is 0.496 e. The second-order valence-corrected chi connectivity index (χ2v) is 5.88. The SMILES string of the molecule is CCCN(Cc1cc(F)ccc1OC)CC1CCNCC1. The van der Waals surface area contributed by atoms with E-state index in [0.717, 1.165) is 56.4 Å². The molecule has 1 aromatic carbocycles. The molecule has 0 bridgehead atoms. The zero-order valence-corrected chi connectivity index (χ0v) is 13.2. The monoisotopic (exact) mass is 294 g/mol. The van der Waals surface area contributed by atoms with Crippen molar-refractivity contribution in [2.24, 2.45) is 5.92 Å². The minimum absolute atomic E-state index is 0.191. The van der Waals surface area contributed by atoms with Crippen LogP contribution in [0, 0.1) is 11.7 Å². The maximum atomic E-state index is 13.5. The molecule has 1 N–H and O–H groups in total. The van der Waals surface area contributed by atoms with Crippen LogP contribution < -0.4 is 10.1 Å². The predicted molar refractivity (Wildman–Crippen MR) is 84.1 cm³/mol. The van der Waals surface area contributed by atoms with E-state index in [1.807, 2.05) is 0 Å². The number of nitrogens with zero attached hydrogens (tertiary/aromatic N) is 1. The van der Waals surface area contributed by atoms with Crippen LogP contribution in [0.15, 0.2) is 18.2 Å². The number of methoxy groups -OCH3 is 1. The molecule has 0 radical (unpaired) electrons. The number of nitrogens with one attached hydrogen (secondary N) is 1. The molecule has 0 atom stereocenters. The molecule has 1 heterocycles. The summed E-state index contributed by atoms with van der Waals surface area (Å²) in [6.07, 6.45) is 3.59. The average Bonchev–Trinajstić information content (AvgIpc) is 2.49. The number of ether oxygens (including phenoxy) is 1. The van der Waals surface area contributed by atoms with E-state index in [1.54, 1.807) is 19.2 Å². The summed E-state index contributed by atoms with van der Waals surface area (Å²) in [5.41, 5.74) is 0.944. The molecular weight excluding hydrogens is 267 g/mol. The molecule has 1 fully saturated rings. The lowest BCUT2D eigenvalue weighted by molar-refractivity contribution is 0.196. The Bertz CT molecular complexity index is 433. The van der Waals surface area contributed by atoms with Crippen LogP contribution in [0.25, 0.3) is 0 Å². The van der Waals surface area contributed by atoms with Gasteiger partial charge in [0.1, 0.15) is 11.6 Å². The van der Waals surface area contributed by atoms with Gasteiger partial charge < -0.3 is 10.1 Å². The smallest absolute Gasteiger partial charge is 0.123 e. The zero-order valence-electron chi connectivity index (χ0n) is 13.2. The Morgan fingerprint density at radius 1 is 1.33 bits per heavy atom. The minimum atomic E-state index is -0.191. The highest BCUT2D eigenvalue weighted by molar-refractivity contribution is 5.33.